The van der Waals surface area contributed by atoms with E-state index in [9.17, 15) is 9.59 Å². The Morgan fingerprint density at radius 3 is 2.54 bits per heavy atom. The van der Waals surface area contributed by atoms with Crippen molar-refractivity contribution in [3.63, 3.8) is 0 Å². The topological polar surface area (TPSA) is 75.6 Å². The first-order valence-electron chi connectivity index (χ1n) is 10.4. The zero-order valence-corrected chi connectivity index (χ0v) is 17.1. The highest BCUT2D eigenvalue weighted by Gasteiger charge is 2.46. The number of amides is 2. The van der Waals surface area contributed by atoms with E-state index in [1.165, 1.54) is 6.42 Å². The van der Waals surface area contributed by atoms with Gasteiger partial charge in [-0.1, -0.05) is 27.2 Å². The number of carbonyl (C=O) groups excluding carboxylic acids is 2. The second-order valence-electron chi connectivity index (χ2n) is 9.40. The third-order valence-electron chi connectivity index (χ3n) is 6.17. The minimum absolute atomic E-state index is 0.0384. The van der Waals surface area contributed by atoms with Gasteiger partial charge in [0, 0.05) is 12.0 Å². The zero-order valence-electron chi connectivity index (χ0n) is 17.1. The van der Waals surface area contributed by atoms with Crippen LogP contribution in [-0.2, 0) is 9.53 Å². The van der Waals surface area contributed by atoms with Crippen molar-refractivity contribution < 1.29 is 14.3 Å². The first-order valence-corrected chi connectivity index (χ1v) is 10.4. The molecule has 3 aliphatic rings. The van der Waals surface area contributed by atoms with E-state index in [0.29, 0.717) is 12.4 Å². The number of rotatable bonds is 2. The SMILES string of the molecule is CC(C)(C)C(=O)N1CCC[C@H]1c1cnc(N2CC3(CCCCC3)OC2=O)cn1. The van der Waals surface area contributed by atoms with Crippen LogP contribution >= 0.6 is 0 Å². The van der Waals surface area contributed by atoms with E-state index in [2.05, 4.69) is 9.97 Å². The predicted octanol–water partition coefficient (Wildman–Crippen LogP) is 3.85. The summed E-state index contributed by atoms with van der Waals surface area (Å²) in [5, 5.41) is 0. The van der Waals surface area contributed by atoms with Crippen molar-refractivity contribution in [3.05, 3.63) is 18.1 Å². The largest absolute Gasteiger partial charge is 0.441 e. The Hall–Kier alpha value is -2.18. The quantitative estimate of drug-likeness (QED) is 0.772. The van der Waals surface area contributed by atoms with Gasteiger partial charge in [0.25, 0.3) is 0 Å². The number of nitrogens with zero attached hydrogens (tertiary/aromatic N) is 4. The van der Waals surface area contributed by atoms with E-state index in [4.69, 9.17) is 4.74 Å². The highest BCUT2D eigenvalue weighted by molar-refractivity contribution is 5.89. The lowest BCUT2D eigenvalue weighted by molar-refractivity contribution is -0.140. The molecule has 2 saturated heterocycles. The van der Waals surface area contributed by atoms with Crippen LogP contribution in [0.25, 0.3) is 0 Å². The van der Waals surface area contributed by atoms with Gasteiger partial charge in [0.05, 0.1) is 30.7 Å². The minimum atomic E-state index is -0.413. The van der Waals surface area contributed by atoms with Crippen molar-refractivity contribution in [2.45, 2.75) is 77.4 Å². The molecule has 2 amide bonds. The molecule has 1 saturated carbocycles. The number of hydrogen-bond acceptors (Lipinski definition) is 5. The Bertz CT molecular complexity index is 750. The molecule has 1 aromatic heterocycles. The molecule has 0 N–H and O–H groups in total. The predicted molar refractivity (Wildman–Crippen MR) is 105 cm³/mol. The first-order chi connectivity index (χ1) is 13.3. The summed E-state index contributed by atoms with van der Waals surface area (Å²) in [6.45, 7) is 7.14. The molecular weight excluding hydrogens is 356 g/mol. The molecule has 3 fully saturated rings. The number of ether oxygens (including phenoxy) is 1. The first kappa shape index (κ1) is 19.2. The minimum Gasteiger partial charge on any atom is -0.441 e. The fourth-order valence-corrected chi connectivity index (χ4v) is 4.65. The van der Waals surface area contributed by atoms with Gasteiger partial charge in [-0.25, -0.2) is 9.78 Å². The van der Waals surface area contributed by atoms with Crippen LogP contribution in [0.5, 0.6) is 0 Å². The summed E-state index contributed by atoms with van der Waals surface area (Å²) in [7, 11) is 0. The molecule has 4 rings (SSSR count). The molecule has 3 heterocycles. The van der Waals surface area contributed by atoms with Crippen LogP contribution in [0.2, 0.25) is 0 Å². The maximum Gasteiger partial charge on any atom is 0.416 e. The van der Waals surface area contributed by atoms with Gasteiger partial charge in [0.15, 0.2) is 5.82 Å². The molecule has 0 bridgehead atoms. The lowest BCUT2D eigenvalue weighted by Crippen LogP contribution is -2.39. The zero-order chi connectivity index (χ0) is 19.9. The van der Waals surface area contributed by atoms with E-state index in [0.717, 1.165) is 50.8 Å². The Balaban J connectivity index is 1.50. The second-order valence-corrected chi connectivity index (χ2v) is 9.40. The molecule has 0 unspecified atom stereocenters. The van der Waals surface area contributed by atoms with Crippen molar-refractivity contribution in [2.75, 3.05) is 18.0 Å². The molecule has 28 heavy (non-hydrogen) atoms. The van der Waals surface area contributed by atoms with E-state index >= 15 is 0 Å². The number of anilines is 1. The lowest BCUT2D eigenvalue weighted by Gasteiger charge is -2.31. The Labute approximate surface area is 166 Å². The van der Waals surface area contributed by atoms with Crippen molar-refractivity contribution >= 4 is 17.8 Å². The van der Waals surface area contributed by atoms with Crippen LogP contribution in [0.4, 0.5) is 10.6 Å². The molecule has 152 valence electrons. The summed E-state index contributed by atoms with van der Waals surface area (Å²) in [6, 6.07) is -0.0384. The standard InChI is InChI=1S/C21H30N4O3/c1-20(2,3)18(26)24-11-7-8-16(24)15-12-23-17(13-22-15)25-14-21(28-19(25)27)9-5-4-6-10-21/h12-13,16H,4-11,14H2,1-3H3/t16-/m0/s1. The van der Waals surface area contributed by atoms with Gasteiger partial charge in [-0.05, 0) is 38.5 Å². The summed E-state index contributed by atoms with van der Waals surface area (Å²) in [6.07, 6.45) is 10.2. The van der Waals surface area contributed by atoms with Gasteiger partial charge < -0.3 is 9.64 Å². The van der Waals surface area contributed by atoms with E-state index < -0.39 is 5.41 Å². The fourth-order valence-electron chi connectivity index (χ4n) is 4.65. The Morgan fingerprint density at radius 2 is 1.89 bits per heavy atom. The molecule has 1 atom stereocenters. The summed E-state index contributed by atoms with van der Waals surface area (Å²) < 4.78 is 5.74. The monoisotopic (exact) mass is 386 g/mol. The molecule has 0 radical (unpaired) electrons. The van der Waals surface area contributed by atoms with Crippen molar-refractivity contribution in [1.29, 1.82) is 0 Å². The van der Waals surface area contributed by atoms with E-state index in [1.807, 2.05) is 25.7 Å². The third-order valence-corrected chi connectivity index (χ3v) is 6.17. The highest BCUT2D eigenvalue weighted by atomic mass is 16.6. The van der Waals surface area contributed by atoms with E-state index in [1.54, 1.807) is 17.3 Å². The molecule has 2 aliphatic heterocycles. The summed E-state index contributed by atoms with van der Waals surface area (Å²) in [4.78, 5) is 37.8. The highest BCUT2D eigenvalue weighted by Crippen LogP contribution is 2.39. The third kappa shape index (κ3) is 3.47. The van der Waals surface area contributed by atoms with Crippen molar-refractivity contribution in [2.24, 2.45) is 5.41 Å². The number of hydrogen-bond donors (Lipinski definition) is 0. The van der Waals surface area contributed by atoms with Crippen LogP contribution < -0.4 is 4.90 Å². The molecule has 1 aromatic rings. The van der Waals surface area contributed by atoms with Gasteiger partial charge in [-0.15, -0.1) is 0 Å². The number of aromatic nitrogens is 2. The number of carbonyl (C=O) groups is 2. The van der Waals surface area contributed by atoms with Crippen LogP contribution in [0, 0.1) is 5.41 Å². The van der Waals surface area contributed by atoms with Crippen molar-refractivity contribution in [3.8, 4) is 0 Å². The summed E-state index contributed by atoms with van der Waals surface area (Å²) >= 11 is 0. The second kappa shape index (κ2) is 7.01. The van der Waals surface area contributed by atoms with E-state index in [-0.39, 0.29) is 23.6 Å². The molecule has 7 heteroatoms. The average molecular weight is 386 g/mol. The van der Waals surface area contributed by atoms with Crippen LogP contribution in [0.3, 0.4) is 0 Å². The molecule has 1 aliphatic carbocycles. The van der Waals surface area contributed by atoms with Gasteiger partial charge in [0.2, 0.25) is 5.91 Å². The summed E-state index contributed by atoms with van der Waals surface area (Å²) in [5.74, 6) is 0.672. The maximum atomic E-state index is 12.7. The van der Waals surface area contributed by atoms with Gasteiger partial charge >= 0.3 is 6.09 Å². The number of likely N-dealkylation sites (tertiary alicyclic amines) is 1. The average Bonchev–Trinajstić information content (AvgIpc) is 3.26. The lowest BCUT2D eigenvalue weighted by atomic mass is 9.85. The van der Waals surface area contributed by atoms with Crippen LogP contribution in [0.1, 0.15) is 77.5 Å². The maximum absolute atomic E-state index is 12.7. The molecule has 7 nitrogen and oxygen atoms in total. The molecule has 1 spiro atoms. The fraction of sp³-hybridized carbons (Fsp3) is 0.714. The normalized spacial score (nSPS) is 24.7. The smallest absolute Gasteiger partial charge is 0.416 e. The molecular formula is C21H30N4O3. The Kier molecular flexibility index (Phi) is 4.79. The Morgan fingerprint density at radius 1 is 1.14 bits per heavy atom. The van der Waals surface area contributed by atoms with Gasteiger partial charge in [0.1, 0.15) is 5.60 Å². The van der Waals surface area contributed by atoms with Crippen LogP contribution in [-0.4, -0.2) is 45.6 Å². The van der Waals surface area contributed by atoms with Gasteiger partial charge in [-0.2, -0.15) is 0 Å². The van der Waals surface area contributed by atoms with Crippen LogP contribution in [0.15, 0.2) is 12.4 Å². The summed E-state index contributed by atoms with van der Waals surface area (Å²) in [5.41, 5.74) is 0.0273. The van der Waals surface area contributed by atoms with Gasteiger partial charge in [-0.3, -0.25) is 14.7 Å². The van der Waals surface area contributed by atoms with Crippen molar-refractivity contribution in [1.82, 2.24) is 14.9 Å². The molecule has 0 aromatic carbocycles.